The molecular weight excluding hydrogens is 416 g/mol. The van der Waals surface area contributed by atoms with Crippen molar-refractivity contribution in [2.45, 2.75) is 40.0 Å². The molecule has 158 valence electrons. The molecule has 2 atom stereocenters. The van der Waals surface area contributed by atoms with Crippen LogP contribution in [0.4, 0.5) is 0 Å². The van der Waals surface area contributed by atoms with E-state index in [4.69, 9.17) is 0 Å². The molecule has 5 nitrogen and oxygen atoms in total. The highest BCUT2D eigenvalue weighted by Gasteiger charge is 2.29. The van der Waals surface area contributed by atoms with Crippen LogP contribution < -0.4 is 10.6 Å². The quantitative estimate of drug-likeness (QED) is 0.548. The summed E-state index contributed by atoms with van der Waals surface area (Å²) >= 11 is 0. The highest BCUT2D eigenvalue weighted by atomic mass is 31.2. The van der Waals surface area contributed by atoms with Crippen molar-refractivity contribution in [3.05, 3.63) is 88.2 Å². The van der Waals surface area contributed by atoms with Gasteiger partial charge in [0.15, 0.2) is 0 Å². The lowest BCUT2D eigenvalue weighted by molar-refractivity contribution is 0.487. The summed E-state index contributed by atoms with van der Waals surface area (Å²) in [5.74, 6) is 0. The molecule has 1 heterocycles. The van der Waals surface area contributed by atoms with Crippen LogP contribution in [-0.4, -0.2) is 14.8 Å². The van der Waals surface area contributed by atoms with Crippen molar-refractivity contribution in [2.75, 3.05) is 0 Å². The summed E-state index contributed by atoms with van der Waals surface area (Å²) in [6.07, 6.45) is -0.239. The van der Waals surface area contributed by atoms with E-state index in [9.17, 15) is 18.9 Å². The molecule has 3 aromatic rings. The number of hydrogen-bond acceptors (Lipinski definition) is 3. The van der Waals surface area contributed by atoms with Crippen molar-refractivity contribution in [3.63, 3.8) is 0 Å². The second kappa shape index (κ2) is 8.61. The molecule has 2 N–H and O–H groups in total. The predicted molar refractivity (Wildman–Crippen MR) is 122 cm³/mol. The summed E-state index contributed by atoms with van der Waals surface area (Å²) in [5.41, 5.74) is 3.95. The van der Waals surface area contributed by atoms with Gasteiger partial charge in [-0.15, -0.1) is 0 Å². The van der Waals surface area contributed by atoms with Crippen LogP contribution in [-0.2, 0) is 21.5 Å². The molecule has 2 aromatic carbocycles. The van der Waals surface area contributed by atoms with E-state index in [0.717, 1.165) is 22.3 Å². The van der Waals surface area contributed by atoms with E-state index in [1.165, 1.54) is 0 Å². The molecule has 2 unspecified atom stereocenters. The lowest BCUT2D eigenvalue weighted by Gasteiger charge is -2.18. The average Bonchev–Trinajstić information content (AvgIpc) is 2.60. The van der Waals surface area contributed by atoms with Gasteiger partial charge in [-0.25, -0.2) is 0 Å². The molecule has 3 rings (SSSR count). The first-order valence-corrected chi connectivity index (χ1v) is 13.4. The van der Waals surface area contributed by atoms with Crippen LogP contribution in [0.1, 0.15) is 33.6 Å². The second-order valence-electron chi connectivity index (χ2n) is 7.82. The van der Waals surface area contributed by atoms with E-state index >= 15 is 0 Å². The highest BCUT2D eigenvalue weighted by Crippen LogP contribution is 2.46. The monoisotopic (exact) mass is 443 g/mol. The zero-order chi connectivity index (χ0) is 22.1. The molecule has 30 heavy (non-hydrogen) atoms. The standard InChI is InChI=1S/C23H27NO4P2/c1-16-8-5-9-17(2)22(16)29(25,26)14-20-12-7-13-21(24-20)15-30(27,28)23-18(3)10-6-11-19(23)4/h5-13H,14-15H2,1-4H3,(H,25,26)(H,27,28). The molecule has 0 saturated carbocycles. The van der Waals surface area contributed by atoms with Crippen molar-refractivity contribution < 1.29 is 18.9 Å². The molecule has 0 fully saturated rings. The first-order chi connectivity index (χ1) is 14.0. The molecule has 7 heteroatoms. The maximum absolute atomic E-state index is 13.1. The van der Waals surface area contributed by atoms with Crippen LogP contribution in [0.2, 0.25) is 0 Å². The molecule has 0 spiro atoms. The van der Waals surface area contributed by atoms with E-state index in [-0.39, 0.29) is 12.3 Å². The van der Waals surface area contributed by atoms with E-state index in [2.05, 4.69) is 4.98 Å². The fourth-order valence-corrected chi connectivity index (χ4v) is 8.07. The van der Waals surface area contributed by atoms with Gasteiger partial charge in [-0.05, 0) is 62.1 Å². The van der Waals surface area contributed by atoms with Gasteiger partial charge in [-0.1, -0.05) is 42.5 Å². The Morgan fingerprint density at radius 3 is 1.27 bits per heavy atom. The Balaban J connectivity index is 1.90. The van der Waals surface area contributed by atoms with Crippen molar-refractivity contribution >= 4 is 25.3 Å². The molecule has 0 radical (unpaired) electrons. The highest BCUT2D eigenvalue weighted by molar-refractivity contribution is 7.65. The van der Waals surface area contributed by atoms with Crippen LogP contribution in [0, 0.1) is 27.7 Å². The number of benzene rings is 2. The van der Waals surface area contributed by atoms with Crippen LogP contribution in [0.25, 0.3) is 0 Å². The van der Waals surface area contributed by atoms with Gasteiger partial charge in [0.1, 0.15) is 0 Å². The van der Waals surface area contributed by atoms with E-state index in [1.54, 1.807) is 18.2 Å². The predicted octanol–water partition coefficient (Wildman–Crippen LogP) is 4.51. The number of aryl methyl sites for hydroxylation is 4. The third kappa shape index (κ3) is 4.82. The number of nitrogens with zero attached hydrogens (tertiary/aromatic N) is 1. The molecule has 0 aliphatic rings. The van der Waals surface area contributed by atoms with Gasteiger partial charge in [0.2, 0.25) is 14.7 Å². The number of pyridine rings is 1. The van der Waals surface area contributed by atoms with Crippen LogP contribution in [0.3, 0.4) is 0 Å². The normalized spacial score (nSPS) is 15.4. The van der Waals surface area contributed by atoms with E-state index in [0.29, 0.717) is 22.0 Å². The molecule has 0 saturated heterocycles. The van der Waals surface area contributed by atoms with Crippen molar-refractivity contribution in [3.8, 4) is 0 Å². The van der Waals surface area contributed by atoms with E-state index in [1.807, 2.05) is 64.1 Å². The molecule has 0 amide bonds. The minimum absolute atomic E-state index is 0.119. The SMILES string of the molecule is Cc1cccc(C)c1P(=O)(O)Cc1cccc(CP(=O)(O)c2c(C)cccc2C)n1. The fourth-order valence-electron chi connectivity index (χ4n) is 4.02. The third-order valence-corrected chi connectivity index (χ3v) is 9.51. The second-order valence-corrected chi connectivity index (χ2v) is 12.2. The first kappa shape index (κ1) is 22.7. The molecular formula is C23H27NO4P2. The summed E-state index contributed by atoms with van der Waals surface area (Å²) in [7, 11) is -7.36. The van der Waals surface area contributed by atoms with Crippen molar-refractivity contribution in [1.29, 1.82) is 0 Å². The van der Waals surface area contributed by atoms with Gasteiger partial charge in [0, 0.05) is 10.6 Å². The fraction of sp³-hybridized carbons (Fsp3) is 0.261. The Bertz CT molecular complexity index is 1060. The summed E-state index contributed by atoms with van der Waals surface area (Å²) in [6.45, 7) is 7.28. The van der Waals surface area contributed by atoms with Crippen LogP contribution in [0.5, 0.6) is 0 Å². The topological polar surface area (TPSA) is 87.5 Å². The Morgan fingerprint density at radius 2 is 0.933 bits per heavy atom. The largest absolute Gasteiger partial charge is 0.341 e. The maximum atomic E-state index is 13.1. The lowest BCUT2D eigenvalue weighted by atomic mass is 10.2. The summed E-state index contributed by atoms with van der Waals surface area (Å²) in [5, 5.41) is 0.918. The Morgan fingerprint density at radius 1 is 0.633 bits per heavy atom. The number of rotatable bonds is 6. The number of hydrogen-bond donors (Lipinski definition) is 2. The Labute approximate surface area is 177 Å². The van der Waals surface area contributed by atoms with E-state index < -0.39 is 14.7 Å². The smallest absolute Gasteiger partial charge is 0.235 e. The Hall–Kier alpha value is -2.03. The average molecular weight is 443 g/mol. The number of aromatic nitrogens is 1. The zero-order valence-electron chi connectivity index (χ0n) is 17.7. The first-order valence-electron chi connectivity index (χ1n) is 9.73. The van der Waals surface area contributed by atoms with Crippen molar-refractivity contribution in [2.24, 2.45) is 0 Å². The minimum Gasteiger partial charge on any atom is -0.341 e. The van der Waals surface area contributed by atoms with Gasteiger partial charge >= 0.3 is 0 Å². The summed E-state index contributed by atoms with van der Waals surface area (Å²) in [4.78, 5) is 26.0. The summed E-state index contributed by atoms with van der Waals surface area (Å²) < 4.78 is 26.3. The van der Waals surface area contributed by atoms with Gasteiger partial charge in [-0.3, -0.25) is 14.1 Å². The Kier molecular flexibility index (Phi) is 6.50. The molecule has 0 bridgehead atoms. The van der Waals surface area contributed by atoms with Gasteiger partial charge < -0.3 is 9.79 Å². The van der Waals surface area contributed by atoms with Gasteiger partial charge in [0.25, 0.3) is 0 Å². The molecule has 0 aliphatic carbocycles. The van der Waals surface area contributed by atoms with Crippen molar-refractivity contribution in [1.82, 2.24) is 4.98 Å². The molecule has 1 aromatic heterocycles. The maximum Gasteiger partial charge on any atom is 0.235 e. The molecule has 0 aliphatic heterocycles. The van der Waals surface area contributed by atoms with Crippen LogP contribution in [0.15, 0.2) is 54.6 Å². The van der Waals surface area contributed by atoms with Gasteiger partial charge in [0.05, 0.1) is 23.7 Å². The lowest BCUT2D eigenvalue weighted by Crippen LogP contribution is -2.15. The third-order valence-electron chi connectivity index (χ3n) is 5.19. The zero-order valence-corrected chi connectivity index (χ0v) is 19.5. The minimum atomic E-state index is -3.68. The van der Waals surface area contributed by atoms with Gasteiger partial charge in [-0.2, -0.15) is 0 Å². The summed E-state index contributed by atoms with van der Waals surface area (Å²) in [6, 6.07) is 16.1. The van der Waals surface area contributed by atoms with Crippen LogP contribution >= 0.6 is 14.7 Å².